The average Bonchev–Trinajstić information content (AvgIpc) is 2.51. The molecule has 0 fully saturated rings. The van der Waals surface area contributed by atoms with Gasteiger partial charge in [-0.25, -0.2) is 9.59 Å². The molecule has 0 saturated carbocycles. The molecule has 5 heteroatoms. The van der Waals surface area contributed by atoms with E-state index in [-0.39, 0.29) is 12.6 Å². The summed E-state index contributed by atoms with van der Waals surface area (Å²) in [6.07, 6.45) is 5.27. The molecule has 2 unspecified atom stereocenters. The van der Waals surface area contributed by atoms with E-state index in [4.69, 9.17) is 14.2 Å². The van der Waals surface area contributed by atoms with Crippen LogP contribution in [-0.4, -0.2) is 38.4 Å². The maximum Gasteiger partial charge on any atom is 0.330 e. The highest BCUT2D eigenvalue weighted by Crippen LogP contribution is 2.15. The molecule has 0 spiro atoms. The Balaban J connectivity index is 3.53. The average molecular weight is 312 g/mol. The lowest BCUT2D eigenvalue weighted by Gasteiger charge is -2.15. The molecule has 0 radical (unpaired) electrons. The highest BCUT2D eigenvalue weighted by atomic mass is 16.6. The first-order valence-electron chi connectivity index (χ1n) is 7.65. The fourth-order valence-corrected chi connectivity index (χ4v) is 1.76. The second kappa shape index (κ2) is 13.1. The van der Waals surface area contributed by atoms with Crippen LogP contribution in [0, 0.1) is 11.8 Å². The summed E-state index contributed by atoms with van der Waals surface area (Å²) in [5, 5.41) is 0. The Morgan fingerprint density at radius 3 is 2.00 bits per heavy atom. The van der Waals surface area contributed by atoms with Gasteiger partial charge >= 0.3 is 11.9 Å². The summed E-state index contributed by atoms with van der Waals surface area (Å²) in [5.41, 5.74) is 0. The third kappa shape index (κ3) is 12.1. The molecule has 0 heterocycles. The van der Waals surface area contributed by atoms with Crippen molar-refractivity contribution in [3.63, 3.8) is 0 Å². The van der Waals surface area contributed by atoms with Crippen LogP contribution >= 0.6 is 0 Å². The second-order valence-electron chi connectivity index (χ2n) is 5.39. The van der Waals surface area contributed by atoms with Crippen LogP contribution in [0.15, 0.2) is 25.3 Å². The molecule has 5 nitrogen and oxygen atoms in total. The van der Waals surface area contributed by atoms with Gasteiger partial charge in [0.1, 0.15) is 6.61 Å². The first-order chi connectivity index (χ1) is 10.5. The van der Waals surface area contributed by atoms with Crippen molar-refractivity contribution in [2.45, 2.75) is 33.1 Å². The third-order valence-corrected chi connectivity index (χ3v) is 3.21. The fraction of sp³-hybridized carbons (Fsp3) is 0.647. The highest BCUT2D eigenvalue weighted by Gasteiger charge is 2.08. The number of ether oxygens (including phenoxy) is 3. The molecule has 2 atom stereocenters. The fourth-order valence-electron chi connectivity index (χ4n) is 1.76. The van der Waals surface area contributed by atoms with Gasteiger partial charge in [-0.1, -0.05) is 33.4 Å². The molecule has 0 aliphatic carbocycles. The van der Waals surface area contributed by atoms with Gasteiger partial charge in [-0.15, -0.1) is 0 Å². The van der Waals surface area contributed by atoms with Crippen molar-refractivity contribution in [3.8, 4) is 0 Å². The van der Waals surface area contributed by atoms with E-state index in [9.17, 15) is 9.59 Å². The van der Waals surface area contributed by atoms with Gasteiger partial charge in [0.15, 0.2) is 0 Å². The summed E-state index contributed by atoms with van der Waals surface area (Å²) in [6, 6.07) is 0. The minimum Gasteiger partial charge on any atom is -0.463 e. The van der Waals surface area contributed by atoms with Crippen molar-refractivity contribution in [1.82, 2.24) is 0 Å². The van der Waals surface area contributed by atoms with Crippen LogP contribution in [0.2, 0.25) is 0 Å². The van der Waals surface area contributed by atoms with E-state index in [0.717, 1.165) is 25.3 Å². The SMILES string of the molecule is C=CC(=O)OCCOCC(C)CCC(C)CCOC(=O)C=C. The predicted molar refractivity (Wildman–Crippen MR) is 85.3 cm³/mol. The Bertz CT molecular complexity index is 351. The van der Waals surface area contributed by atoms with Gasteiger partial charge in [-0.2, -0.15) is 0 Å². The van der Waals surface area contributed by atoms with Gasteiger partial charge in [-0.3, -0.25) is 0 Å². The molecule has 0 rings (SSSR count). The number of esters is 2. The molecule has 0 amide bonds. The highest BCUT2D eigenvalue weighted by molar-refractivity contribution is 5.81. The lowest BCUT2D eigenvalue weighted by molar-refractivity contribution is -0.139. The molecule has 0 aromatic carbocycles. The summed E-state index contributed by atoms with van der Waals surface area (Å²) < 4.78 is 15.2. The maximum absolute atomic E-state index is 10.9. The van der Waals surface area contributed by atoms with Crippen LogP contribution in [-0.2, 0) is 23.8 Å². The van der Waals surface area contributed by atoms with E-state index in [2.05, 4.69) is 27.0 Å². The third-order valence-electron chi connectivity index (χ3n) is 3.21. The summed E-state index contributed by atoms with van der Waals surface area (Å²) in [5.74, 6) is 0.135. The van der Waals surface area contributed by atoms with Gasteiger partial charge in [0.25, 0.3) is 0 Å². The second-order valence-corrected chi connectivity index (χ2v) is 5.39. The normalized spacial score (nSPS) is 13.0. The summed E-state index contributed by atoms with van der Waals surface area (Å²) in [4.78, 5) is 21.7. The van der Waals surface area contributed by atoms with Crippen molar-refractivity contribution >= 4 is 11.9 Å². The maximum atomic E-state index is 10.9. The molecule has 126 valence electrons. The van der Waals surface area contributed by atoms with E-state index in [0.29, 0.717) is 31.7 Å². The molecule has 0 bridgehead atoms. The molecule has 0 aliphatic rings. The molecule has 0 aromatic rings. The standard InChI is InChI=1S/C17H28O5/c1-5-16(18)21-10-9-14(3)7-8-15(4)13-20-11-12-22-17(19)6-2/h5-6,14-15H,1-2,7-13H2,3-4H3. The van der Waals surface area contributed by atoms with E-state index < -0.39 is 5.97 Å². The summed E-state index contributed by atoms with van der Waals surface area (Å²) in [6.45, 7) is 12.7. The van der Waals surface area contributed by atoms with Gasteiger partial charge in [0, 0.05) is 18.8 Å². The number of carbonyl (C=O) groups is 2. The van der Waals surface area contributed by atoms with Crippen molar-refractivity contribution in [2.75, 3.05) is 26.4 Å². The number of rotatable bonds is 13. The number of carbonyl (C=O) groups excluding carboxylic acids is 2. The van der Waals surface area contributed by atoms with Crippen LogP contribution in [0.3, 0.4) is 0 Å². The largest absolute Gasteiger partial charge is 0.463 e. The zero-order valence-corrected chi connectivity index (χ0v) is 13.7. The van der Waals surface area contributed by atoms with Crippen LogP contribution in [0.25, 0.3) is 0 Å². The monoisotopic (exact) mass is 312 g/mol. The Morgan fingerprint density at radius 1 is 0.864 bits per heavy atom. The van der Waals surface area contributed by atoms with Crippen molar-refractivity contribution in [3.05, 3.63) is 25.3 Å². The minimum atomic E-state index is -0.428. The predicted octanol–water partition coefficient (Wildman–Crippen LogP) is 2.90. The minimum absolute atomic E-state index is 0.253. The molecular formula is C17H28O5. The molecular weight excluding hydrogens is 284 g/mol. The van der Waals surface area contributed by atoms with Gasteiger partial charge in [0.2, 0.25) is 0 Å². The van der Waals surface area contributed by atoms with Crippen molar-refractivity contribution < 1.29 is 23.8 Å². The lowest BCUT2D eigenvalue weighted by atomic mass is 9.96. The van der Waals surface area contributed by atoms with E-state index in [1.807, 2.05) is 0 Å². The van der Waals surface area contributed by atoms with Crippen LogP contribution in [0.5, 0.6) is 0 Å². The smallest absolute Gasteiger partial charge is 0.330 e. The van der Waals surface area contributed by atoms with Crippen LogP contribution < -0.4 is 0 Å². The van der Waals surface area contributed by atoms with Crippen molar-refractivity contribution in [1.29, 1.82) is 0 Å². The molecule has 0 saturated heterocycles. The van der Waals surface area contributed by atoms with E-state index >= 15 is 0 Å². The molecule has 0 aromatic heterocycles. The lowest BCUT2D eigenvalue weighted by Crippen LogP contribution is -2.13. The van der Waals surface area contributed by atoms with E-state index in [1.54, 1.807) is 0 Å². The Kier molecular flexibility index (Phi) is 12.1. The quantitative estimate of drug-likeness (QED) is 0.297. The number of hydrogen-bond donors (Lipinski definition) is 0. The number of hydrogen-bond acceptors (Lipinski definition) is 5. The van der Waals surface area contributed by atoms with Gasteiger partial charge < -0.3 is 14.2 Å². The first-order valence-corrected chi connectivity index (χ1v) is 7.65. The summed E-state index contributed by atoms with van der Waals surface area (Å²) in [7, 11) is 0. The first kappa shape index (κ1) is 20.4. The Labute approximate surface area is 133 Å². The van der Waals surface area contributed by atoms with Gasteiger partial charge in [-0.05, 0) is 24.7 Å². The topological polar surface area (TPSA) is 61.8 Å². The van der Waals surface area contributed by atoms with E-state index in [1.165, 1.54) is 6.08 Å². The molecule has 22 heavy (non-hydrogen) atoms. The molecule has 0 N–H and O–H groups in total. The van der Waals surface area contributed by atoms with Crippen LogP contribution in [0.4, 0.5) is 0 Å². The van der Waals surface area contributed by atoms with Gasteiger partial charge in [0.05, 0.1) is 13.2 Å². The Morgan fingerprint density at radius 2 is 1.41 bits per heavy atom. The zero-order chi connectivity index (χ0) is 16.8. The van der Waals surface area contributed by atoms with Crippen LogP contribution in [0.1, 0.15) is 33.1 Å². The Hall–Kier alpha value is -1.62. The zero-order valence-electron chi connectivity index (χ0n) is 13.7. The van der Waals surface area contributed by atoms with Crippen molar-refractivity contribution in [2.24, 2.45) is 11.8 Å². The molecule has 0 aliphatic heterocycles. The summed E-state index contributed by atoms with van der Waals surface area (Å²) >= 11 is 0.